The quantitative estimate of drug-likeness (QED) is 0.840. The number of alkyl halides is 1. The summed E-state index contributed by atoms with van der Waals surface area (Å²) in [6.07, 6.45) is 0.741. The number of thiazole rings is 1. The van der Waals surface area contributed by atoms with Crippen LogP contribution in [0.5, 0.6) is 5.75 Å². The molecule has 1 amide bonds. The molecule has 19 heavy (non-hydrogen) atoms. The third-order valence-corrected chi connectivity index (χ3v) is 4.54. The van der Waals surface area contributed by atoms with Gasteiger partial charge in [-0.2, -0.15) is 0 Å². The lowest BCUT2D eigenvalue weighted by Gasteiger charge is -2.04. The van der Waals surface area contributed by atoms with Crippen molar-refractivity contribution in [2.75, 3.05) is 11.9 Å². The van der Waals surface area contributed by atoms with E-state index in [1.807, 2.05) is 32.0 Å². The van der Waals surface area contributed by atoms with Crippen LogP contribution < -0.4 is 10.1 Å². The molecule has 0 fully saturated rings. The van der Waals surface area contributed by atoms with E-state index in [1.54, 1.807) is 0 Å². The Kier molecular flexibility index (Phi) is 4.76. The largest absolute Gasteiger partial charge is 0.494 e. The summed E-state index contributed by atoms with van der Waals surface area (Å²) in [5, 5.41) is 3.43. The smallest absolute Gasteiger partial charge is 0.239 e. The molecular weight excluding hydrogens is 328 g/mol. The summed E-state index contributed by atoms with van der Waals surface area (Å²) < 4.78 is 6.45. The summed E-state index contributed by atoms with van der Waals surface area (Å²) in [6, 6.07) is 5.73. The maximum Gasteiger partial charge on any atom is 0.239 e. The molecule has 0 aliphatic rings. The molecule has 2 aromatic rings. The molecule has 102 valence electrons. The highest BCUT2D eigenvalue weighted by Gasteiger charge is 2.14. The third kappa shape index (κ3) is 3.45. The molecule has 0 saturated heterocycles. The minimum atomic E-state index is -0.182. The first kappa shape index (κ1) is 14.3. The maximum atomic E-state index is 11.8. The number of carbonyl (C=O) groups excluding carboxylic acids is 1. The number of nitrogens with one attached hydrogen (secondary N) is 1. The normalized spacial score (nSPS) is 12.4. The predicted molar refractivity (Wildman–Crippen MR) is 82.4 cm³/mol. The van der Waals surface area contributed by atoms with Crippen LogP contribution >= 0.6 is 27.3 Å². The summed E-state index contributed by atoms with van der Waals surface area (Å²) in [4.78, 5) is 16.0. The fourth-order valence-electron chi connectivity index (χ4n) is 1.58. The molecule has 0 radical (unpaired) electrons. The van der Waals surface area contributed by atoms with Crippen LogP contribution in [0, 0.1) is 0 Å². The Labute approximate surface area is 124 Å². The molecule has 0 bridgehead atoms. The number of benzene rings is 1. The van der Waals surface area contributed by atoms with Crippen molar-refractivity contribution in [2.24, 2.45) is 0 Å². The Hall–Kier alpha value is -1.14. The Morgan fingerprint density at radius 1 is 1.53 bits per heavy atom. The van der Waals surface area contributed by atoms with E-state index in [1.165, 1.54) is 11.3 Å². The van der Waals surface area contributed by atoms with Crippen LogP contribution in [0.3, 0.4) is 0 Å². The van der Waals surface area contributed by atoms with E-state index in [4.69, 9.17) is 4.74 Å². The Bertz CT molecular complexity index is 585. The van der Waals surface area contributed by atoms with Crippen LogP contribution in [-0.4, -0.2) is 22.3 Å². The van der Waals surface area contributed by atoms with Crippen LogP contribution in [-0.2, 0) is 4.79 Å². The van der Waals surface area contributed by atoms with Crippen molar-refractivity contribution in [3.8, 4) is 5.75 Å². The summed E-state index contributed by atoms with van der Waals surface area (Å²) >= 11 is 4.77. The molecule has 1 unspecified atom stereocenters. The molecule has 1 aromatic heterocycles. The van der Waals surface area contributed by atoms with Gasteiger partial charge < -0.3 is 10.1 Å². The first-order chi connectivity index (χ1) is 9.13. The van der Waals surface area contributed by atoms with E-state index < -0.39 is 0 Å². The van der Waals surface area contributed by atoms with E-state index in [2.05, 4.69) is 26.2 Å². The van der Waals surface area contributed by atoms with E-state index in [-0.39, 0.29) is 10.7 Å². The standard InChI is InChI=1S/C13H15BrN2O2S/c1-3-9(14)12(17)16-13-15-10-6-5-8(18-4-2)7-11(10)19-13/h5-7,9H,3-4H2,1-2H3,(H,15,16,17). The van der Waals surface area contributed by atoms with Gasteiger partial charge in [0.25, 0.3) is 0 Å². The number of amides is 1. The molecule has 6 heteroatoms. The number of anilines is 1. The van der Waals surface area contributed by atoms with Crippen molar-refractivity contribution in [2.45, 2.75) is 25.1 Å². The van der Waals surface area contributed by atoms with Crippen LogP contribution in [0.25, 0.3) is 10.2 Å². The number of nitrogens with zero attached hydrogens (tertiary/aromatic N) is 1. The van der Waals surface area contributed by atoms with Crippen molar-refractivity contribution in [3.05, 3.63) is 18.2 Å². The van der Waals surface area contributed by atoms with Crippen molar-refractivity contribution in [1.29, 1.82) is 0 Å². The number of rotatable bonds is 5. The van der Waals surface area contributed by atoms with Gasteiger partial charge >= 0.3 is 0 Å². The molecule has 4 nitrogen and oxygen atoms in total. The van der Waals surface area contributed by atoms with Gasteiger partial charge in [-0.3, -0.25) is 4.79 Å². The van der Waals surface area contributed by atoms with Gasteiger partial charge in [-0.05, 0) is 31.5 Å². The minimum Gasteiger partial charge on any atom is -0.494 e. The lowest BCUT2D eigenvalue weighted by Crippen LogP contribution is -2.21. The first-order valence-corrected chi connectivity index (χ1v) is 7.85. The lowest BCUT2D eigenvalue weighted by atomic mass is 10.3. The zero-order chi connectivity index (χ0) is 13.8. The second kappa shape index (κ2) is 6.34. The molecule has 2 rings (SSSR count). The average Bonchev–Trinajstić information content (AvgIpc) is 2.79. The van der Waals surface area contributed by atoms with E-state index in [0.29, 0.717) is 11.7 Å². The first-order valence-electron chi connectivity index (χ1n) is 6.12. The molecule has 1 heterocycles. The highest BCUT2D eigenvalue weighted by Crippen LogP contribution is 2.29. The highest BCUT2D eigenvalue weighted by atomic mass is 79.9. The Balaban J connectivity index is 2.19. The van der Waals surface area contributed by atoms with Crippen molar-refractivity contribution in [3.63, 3.8) is 0 Å². The maximum absolute atomic E-state index is 11.8. The fraction of sp³-hybridized carbons (Fsp3) is 0.385. The van der Waals surface area contributed by atoms with Gasteiger partial charge in [0.2, 0.25) is 5.91 Å². The molecule has 0 aliphatic carbocycles. The van der Waals surface area contributed by atoms with Gasteiger partial charge in [0.1, 0.15) is 5.75 Å². The molecule has 1 aromatic carbocycles. The summed E-state index contributed by atoms with van der Waals surface area (Å²) in [5.74, 6) is 0.759. The number of hydrogen-bond acceptors (Lipinski definition) is 4. The molecule has 1 atom stereocenters. The van der Waals surface area contributed by atoms with Gasteiger partial charge in [0.05, 0.1) is 21.7 Å². The molecule has 0 spiro atoms. The van der Waals surface area contributed by atoms with Crippen LogP contribution in [0.15, 0.2) is 18.2 Å². The minimum absolute atomic E-state index is 0.0633. The topological polar surface area (TPSA) is 51.2 Å². The van der Waals surface area contributed by atoms with Crippen molar-refractivity contribution in [1.82, 2.24) is 4.98 Å². The van der Waals surface area contributed by atoms with Crippen molar-refractivity contribution >= 4 is 48.5 Å². The lowest BCUT2D eigenvalue weighted by molar-refractivity contribution is -0.115. The fourth-order valence-corrected chi connectivity index (χ4v) is 2.60. The Morgan fingerprint density at radius 2 is 2.32 bits per heavy atom. The monoisotopic (exact) mass is 342 g/mol. The summed E-state index contributed by atoms with van der Waals surface area (Å²) in [7, 11) is 0. The third-order valence-electron chi connectivity index (χ3n) is 2.54. The van der Waals surface area contributed by atoms with Crippen LogP contribution in [0.1, 0.15) is 20.3 Å². The van der Waals surface area contributed by atoms with E-state index in [0.717, 1.165) is 22.4 Å². The summed E-state index contributed by atoms with van der Waals surface area (Å²) in [5.41, 5.74) is 0.867. The van der Waals surface area contributed by atoms with Crippen LogP contribution in [0.2, 0.25) is 0 Å². The van der Waals surface area contributed by atoms with Crippen molar-refractivity contribution < 1.29 is 9.53 Å². The zero-order valence-corrected chi connectivity index (χ0v) is 13.2. The predicted octanol–water partition coefficient (Wildman–Crippen LogP) is 3.81. The second-order valence-corrected chi connectivity index (χ2v) is 6.08. The second-order valence-electron chi connectivity index (χ2n) is 3.95. The van der Waals surface area contributed by atoms with Gasteiger partial charge in [0, 0.05) is 0 Å². The number of aromatic nitrogens is 1. The number of halogens is 1. The van der Waals surface area contributed by atoms with Gasteiger partial charge in [-0.15, -0.1) is 0 Å². The molecule has 0 saturated carbocycles. The Morgan fingerprint density at radius 3 is 3.00 bits per heavy atom. The number of fused-ring (bicyclic) bond motifs is 1. The zero-order valence-electron chi connectivity index (χ0n) is 10.8. The molecule has 0 aliphatic heterocycles. The number of hydrogen-bond donors (Lipinski definition) is 1. The number of ether oxygens (including phenoxy) is 1. The van der Waals surface area contributed by atoms with E-state index >= 15 is 0 Å². The summed E-state index contributed by atoms with van der Waals surface area (Å²) in [6.45, 7) is 4.53. The van der Waals surface area contributed by atoms with Gasteiger partial charge in [0.15, 0.2) is 5.13 Å². The molecule has 1 N–H and O–H groups in total. The average molecular weight is 343 g/mol. The SMILES string of the molecule is CCOc1ccc2nc(NC(=O)C(Br)CC)sc2c1. The van der Waals surface area contributed by atoms with Crippen LogP contribution in [0.4, 0.5) is 5.13 Å². The number of carbonyl (C=O) groups is 1. The van der Waals surface area contributed by atoms with E-state index in [9.17, 15) is 4.79 Å². The highest BCUT2D eigenvalue weighted by molar-refractivity contribution is 9.10. The molecular formula is C13H15BrN2O2S. The van der Waals surface area contributed by atoms with Gasteiger partial charge in [-0.1, -0.05) is 34.2 Å². The van der Waals surface area contributed by atoms with Gasteiger partial charge in [-0.25, -0.2) is 4.98 Å².